The molecule has 19 heavy (non-hydrogen) atoms. The van der Waals surface area contributed by atoms with E-state index in [-0.39, 0.29) is 5.41 Å². The van der Waals surface area contributed by atoms with E-state index in [9.17, 15) is 8.78 Å². The smallest absolute Gasteiger partial charge is 0.162 e. The molecule has 0 saturated carbocycles. The molecule has 0 radical (unpaired) electrons. The molecule has 0 aliphatic carbocycles. The fourth-order valence-corrected chi connectivity index (χ4v) is 2.20. The van der Waals surface area contributed by atoms with Gasteiger partial charge < -0.3 is 10.5 Å². The SMILES string of the molecule is CCC(CC)(CN)CCCOc1ccc(F)c(F)c1. The fraction of sp³-hybridized carbons (Fsp3) is 0.600. The summed E-state index contributed by atoms with van der Waals surface area (Å²) in [7, 11) is 0. The lowest BCUT2D eigenvalue weighted by molar-refractivity contribution is 0.213. The second kappa shape index (κ2) is 7.43. The molecule has 1 aromatic carbocycles. The fourth-order valence-electron chi connectivity index (χ4n) is 2.20. The normalized spacial score (nSPS) is 11.6. The molecule has 1 rings (SSSR count). The second-order valence-corrected chi connectivity index (χ2v) is 4.94. The summed E-state index contributed by atoms with van der Waals surface area (Å²) < 4.78 is 31.1. The van der Waals surface area contributed by atoms with E-state index in [2.05, 4.69) is 13.8 Å². The zero-order valence-electron chi connectivity index (χ0n) is 11.7. The van der Waals surface area contributed by atoms with Gasteiger partial charge in [0, 0.05) is 6.07 Å². The van der Waals surface area contributed by atoms with Gasteiger partial charge >= 0.3 is 0 Å². The Labute approximate surface area is 114 Å². The van der Waals surface area contributed by atoms with Crippen LogP contribution >= 0.6 is 0 Å². The van der Waals surface area contributed by atoms with Crippen molar-refractivity contribution in [1.82, 2.24) is 0 Å². The van der Waals surface area contributed by atoms with Gasteiger partial charge in [-0.3, -0.25) is 0 Å². The van der Waals surface area contributed by atoms with Crippen LogP contribution in [0.3, 0.4) is 0 Å². The van der Waals surface area contributed by atoms with Crippen LogP contribution in [-0.4, -0.2) is 13.2 Å². The first-order chi connectivity index (χ1) is 9.06. The molecule has 108 valence electrons. The largest absolute Gasteiger partial charge is 0.493 e. The molecule has 0 saturated heterocycles. The molecule has 0 atom stereocenters. The van der Waals surface area contributed by atoms with E-state index in [1.807, 2.05) is 0 Å². The number of nitrogens with two attached hydrogens (primary N) is 1. The maximum atomic E-state index is 13.0. The predicted octanol–water partition coefficient (Wildman–Crippen LogP) is 3.89. The van der Waals surface area contributed by atoms with Crippen molar-refractivity contribution in [3.05, 3.63) is 29.8 Å². The maximum absolute atomic E-state index is 13.0. The zero-order valence-corrected chi connectivity index (χ0v) is 11.7. The number of halogens is 2. The Morgan fingerprint density at radius 1 is 1.16 bits per heavy atom. The van der Waals surface area contributed by atoms with Crippen LogP contribution in [0, 0.1) is 17.0 Å². The number of hydrogen-bond acceptors (Lipinski definition) is 2. The summed E-state index contributed by atoms with van der Waals surface area (Å²) in [6, 6.07) is 3.59. The van der Waals surface area contributed by atoms with Crippen molar-refractivity contribution < 1.29 is 13.5 Å². The average molecular weight is 271 g/mol. The van der Waals surface area contributed by atoms with Gasteiger partial charge in [-0.15, -0.1) is 0 Å². The van der Waals surface area contributed by atoms with Gasteiger partial charge in [0.15, 0.2) is 11.6 Å². The molecule has 0 bridgehead atoms. The van der Waals surface area contributed by atoms with Crippen molar-refractivity contribution in [2.24, 2.45) is 11.1 Å². The first-order valence-corrected chi connectivity index (χ1v) is 6.85. The molecule has 0 aromatic heterocycles. The Kier molecular flexibility index (Phi) is 6.22. The third-order valence-electron chi connectivity index (χ3n) is 3.94. The number of hydrogen-bond donors (Lipinski definition) is 1. The van der Waals surface area contributed by atoms with Crippen molar-refractivity contribution >= 4 is 0 Å². The summed E-state index contributed by atoms with van der Waals surface area (Å²) in [4.78, 5) is 0. The van der Waals surface area contributed by atoms with Crippen molar-refractivity contribution in [2.45, 2.75) is 39.5 Å². The first-order valence-electron chi connectivity index (χ1n) is 6.85. The third kappa shape index (κ3) is 4.46. The summed E-state index contributed by atoms with van der Waals surface area (Å²) in [6.45, 7) is 5.46. The Morgan fingerprint density at radius 2 is 1.84 bits per heavy atom. The quantitative estimate of drug-likeness (QED) is 0.728. The van der Waals surface area contributed by atoms with Gasteiger partial charge in [-0.2, -0.15) is 0 Å². The van der Waals surface area contributed by atoms with Crippen LogP contribution in [0.25, 0.3) is 0 Å². The lowest BCUT2D eigenvalue weighted by Crippen LogP contribution is -2.29. The number of ether oxygens (including phenoxy) is 1. The van der Waals surface area contributed by atoms with Crippen molar-refractivity contribution in [1.29, 1.82) is 0 Å². The molecule has 2 N–H and O–H groups in total. The highest BCUT2D eigenvalue weighted by Crippen LogP contribution is 2.30. The highest BCUT2D eigenvalue weighted by molar-refractivity contribution is 5.23. The molecule has 0 aliphatic rings. The molecule has 0 amide bonds. The molecule has 1 aromatic rings. The maximum Gasteiger partial charge on any atom is 0.162 e. The number of benzene rings is 1. The van der Waals surface area contributed by atoms with Crippen LogP contribution in [0.15, 0.2) is 18.2 Å². The highest BCUT2D eigenvalue weighted by atomic mass is 19.2. The van der Waals surface area contributed by atoms with Crippen LogP contribution < -0.4 is 10.5 Å². The van der Waals surface area contributed by atoms with E-state index in [1.165, 1.54) is 6.07 Å². The van der Waals surface area contributed by atoms with Crippen molar-refractivity contribution in [2.75, 3.05) is 13.2 Å². The van der Waals surface area contributed by atoms with E-state index in [1.54, 1.807) is 0 Å². The topological polar surface area (TPSA) is 35.2 Å². The summed E-state index contributed by atoms with van der Waals surface area (Å²) in [6.07, 6.45) is 3.94. The van der Waals surface area contributed by atoms with Crippen LogP contribution in [-0.2, 0) is 0 Å². The van der Waals surface area contributed by atoms with Gasteiger partial charge in [0.1, 0.15) is 5.75 Å². The van der Waals surface area contributed by atoms with Crippen LogP contribution in [0.1, 0.15) is 39.5 Å². The monoisotopic (exact) mass is 271 g/mol. The van der Waals surface area contributed by atoms with E-state index >= 15 is 0 Å². The molecule has 0 heterocycles. The Bertz CT molecular complexity index is 383. The standard InChI is InChI=1S/C15H23F2NO/c1-3-15(4-2,11-18)8-5-9-19-12-6-7-13(16)14(17)10-12/h6-7,10H,3-5,8-9,11,18H2,1-2H3. The van der Waals surface area contributed by atoms with E-state index < -0.39 is 11.6 Å². The van der Waals surface area contributed by atoms with Gasteiger partial charge in [-0.1, -0.05) is 13.8 Å². The Balaban J connectivity index is 2.40. The summed E-state index contributed by atoms with van der Waals surface area (Å²) >= 11 is 0. The van der Waals surface area contributed by atoms with E-state index in [0.29, 0.717) is 18.9 Å². The molecule has 0 aliphatic heterocycles. The Hall–Kier alpha value is -1.16. The third-order valence-corrected chi connectivity index (χ3v) is 3.94. The zero-order chi connectivity index (χ0) is 14.3. The molecule has 0 spiro atoms. The van der Waals surface area contributed by atoms with Crippen molar-refractivity contribution in [3.8, 4) is 5.75 Å². The summed E-state index contributed by atoms with van der Waals surface area (Å²) in [5.41, 5.74) is 6.00. The molecule has 0 unspecified atom stereocenters. The Morgan fingerprint density at radius 3 is 2.37 bits per heavy atom. The highest BCUT2D eigenvalue weighted by Gasteiger charge is 2.23. The molecule has 4 heteroatoms. The molecule has 0 fully saturated rings. The number of rotatable bonds is 8. The van der Waals surface area contributed by atoms with E-state index in [4.69, 9.17) is 10.5 Å². The van der Waals surface area contributed by atoms with E-state index in [0.717, 1.165) is 37.8 Å². The lowest BCUT2D eigenvalue weighted by atomic mass is 9.78. The van der Waals surface area contributed by atoms with Gasteiger partial charge in [-0.05, 0) is 49.8 Å². The van der Waals surface area contributed by atoms with Gasteiger partial charge in [0.05, 0.1) is 6.61 Å². The lowest BCUT2D eigenvalue weighted by Gasteiger charge is -2.30. The molecule has 2 nitrogen and oxygen atoms in total. The minimum atomic E-state index is -0.879. The molecular weight excluding hydrogens is 248 g/mol. The van der Waals surface area contributed by atoms with Crippen LogP contribution in [0.5, 0.6) is 5.75 Å². The molecular formula is C15H23F2NO. The predicted molar refractivity (Wildman–Crippen MR) is 73.2 cm³/mol. The van der Waals surface area contributed by atoms with Crippen molar-refractivity contribution in [3.63, 3.8) is 0 Å². The van der Waals surface area contributed by atoms with Gasteiger partial charge in [0.2, 0.25) is 0 Å². The first kappa shape index (κ1) is 15.9. The van der Waals surface area contributed by atoms with Gasteiger partial charge in [-0.25, -0.2) is 8.78 Å². The van der Waals surface area contributed by atoms with Crippen LogP contribution in [0.2, 0.25) is 0 Å². The summed E-state index contributed by atoms with van der Waals surface area (Å²) in [5.74, 6) is -1.37. The second-order valence-electron chi connectivity index (χ2n) is 4.94. The minimum Gasteiger partial charge on any atom is -0.493 e. The van der Waals surface area contributed by atoms with Crippen LogP contribution in [0.4, 0.5) is 8.78 Å². The summed E-state index contributed by atoms with van der Waals surface area (Å²) in [5, 5.41) is 0. The minimum absolute atomic E-state index is 0.178. The van der Waals surface area contributed by atoms with Gasteiger partial charge in [0.25, 0.3) is 0 Å². The average Bonchev–Trinajstić information content (AvgIpc) is 2.44.